The lowest BCUT2D eigenvalue weighted by atomic mass is 10.3. The van der Waals surface area contributed by atoms with Gasteiger partial charge in [0.1, 0.15) is 5.69 Å². The molecule has 0 aliphatic carbocycles. The molecule has 100 valence electrons. The molecule has 1 fully saturated rings. The van der Waals surface area contributed by atoms with Gasteiger partial charge in [0.15, 0.2) is 5.82 Å². The van der Waals surface area contributed by atoms with E-state index in [-0.39, 0.29) is 0 Å². The van der Waals surface area contributed by atoms with Crippen LogP contribution in [0.1, 0.15) is 11.4 Å². The molecule has 5 nitrogen and oxygen atoms in total. The van der Waals surface area contributed by atoms with E-state index in [0.29, 0.717) is 0 Å². The third-order valence-corrected chi connectivity index (χ3v) is 3.48. The first kappa shape index (κ1) is 12.3. The number of pyridine rings is 1. The molecule has 0 aromatic carbocycles. The van der Waals surface area contributed by atoms with E-state index < -0.39 is 0 Å². The summed E-state index contributed by atoms with van der Waals surface area (Å²) in [5.41, 5.74) is 3.17. The minimum atomic E-state index is 0.864. The molecule has 0 spiro atoms. The molecular formula is C14H19N5. The van der Waals surface area contributed by atoms with Gasteiger partial charge in [0.05, 0.1) is 5.69 Å². The van der Waals surface area contributed by atoms with Crippen molar-refractivity contribution in [3.63, 3.8) is 0 Å². The van der Waals surface area contributed by atoms with Gasteiger partial charge in [-0.05, 0) is 19.1 Å². The second-order valence-electron chi connectivity index (χ2n) is 4.90. The van der Waals surface area contributed by atoms with E-state index >= 15 is 0 Å². The predicted molar refractivity (Wildman–Crippen MR) is 74.7 cm³/mol. The molecule has 0 radical (unpaired) electrons. The van der Waals surface area contributed by atoms with Gasteiger partial charge >= 0.3 is 0 Å². The van der Waals surface area contributed by atoms with Crippen LogP contribution >= 0.6 is 0 Å². The van der Waals surface area contributed by atoms with Crippen molar-refractivity contribution in [2.24, 2.45) is 0 Å². The third-order valence-electron chi connectivity index (χ3n) is 3.48. The molecule has 0 atom stereocenters. The summed E-state index contributed by atoms with van der Waals surface area (Å²) in [4.78, 5) is 14.8. The van der Waals surface area contributed by atoms with Gasteiger partial charge in [-0.3, -0.25) is 9.88 Å². The highest BCUT2D eigenvalue weighted by Crippen LogP contribution is 2.16. The number of nitrogens with zero attached hydrogens (tertiary/aromatic N) is 3. The lowest BCUT2D eigenvalue weighted by Crippen LogP contribution is -2.43. The molecule has 1 aliphatic rings. The van der Waals surface area contributed by atoms with E-state index in [0.717, 1.165) is 55.6 Å². The second kappa shape index (κ2) is 5.50. The van der Waals surface area contributed by atoms with Crippen LogP contribution in [-0.4, -0.2) is 46.0 Å². The number of hydrogen-bond acceptors (Lipinski definition) is 4. The van der Waals surface area contributed by atoms with Crippen molar-refractivity contribution in [1.82, 2.24) is 25.2 Å². The lowest BCUT2D eigenvalue weighted by molar-refractivity contribution is 0.230. The zero-order chi connectivity index (χ0) is 13.1. The van der Waals surface area contributed by atoms with Gasteiger partial charge in [0.25, 0.3) is 0 Å². The molecular weight excluding hydrogens is 238 g/mol. The van der Waals surface area contributed by atoms with Gasteiger partial charge in [-0.15, -0.1) is 0 Å². The smallest absolute Gasteiger partial charge is 0.156 e. The molecule has 0 unspecified atom stereocenters. The molecule has 3 rings (SSSR count). The van der Waals surface area contributed by atoms with Crippen LogP contribution in [-0.2, 0) is 6.54 Å². The maximum atomic E-state index is 4.69. The van der Waals surface area contributed by atoms with E-state index in [1.165, 1.54) is 0 Å². The molecule has 3 heterocycles. The summed E-state index contributed by atoms with van der Waals surface area (Å²) in [7, 11) is 0. The summed E-state index contributed by atoms with van der Waals surface area (Å²) in [6, 6.07) is 5.88. The Morgan fingerprint density at radius 3 is 2.84 bits per heavy atom. The fourth-order valence-corrected chi connectivity index (χ4v) is 2.36. The Kier molecular flexibility index (Phi) is 3.57. The van der Waals surface area contributed by atoms with Crippen LogP contribution in [0.5, 0.6) is 0 Å². The fourth-order valence-electron chi connectivity index (χ4n) is 2.36. The summed E-state index contributed by atoms with van der Waals surface area (Å²) in [5.74, 6) is 0.864. The number of piperazine rings is 1. The molecule has 1 aliphatic heterocycles. The molecule has 0 bridgehead atoms. The summed E-state index contributed by atoms with van der Waals surface area (Å²) >= 11 is 0. The molecule has 5 heteroatoms. The number of aromatic nitrogens is 3. The zero-order valence-corrected chi connectivity index (χ0v) is 11.2. The van der Waals surface area contributed by atoms with Gasteiger partial charge in [-0.2, -0.15) is 0 Å². The SMILES string of the molecule is Cc1[nH]c(-c2ccccn2)nc1CN1CCNCC1. The maximum Gasteiger partial charge on any atom is 0.156 e. The topological polar surface area (TPSA) is 56.8 Å². The van der Waals surface area contributed by atoms with Crippen molar-refractivity contribution in [2.45, 2.75) is 13.5 Å². The highest BCUT2D eigenvalue weighted by Gasteiger charge is 2.14. The minimum Gasteiger partial charge on any atom is -0.341 e. The largest absolute Gasteiger partial charge is 0.341 e. The standard InChI is InChI=1S/C14H19N5/c1-11-13(10-19-8-6-15-7-9-19)18-14(17-11)12-4-2-3-5-16-12/h2-5,15H,6-10H2,1H3,(H,17,18). The first-order chi connectivity index (χ1) is 9.33. The van der Waals surface area contributed by atoms with E-state index in [9.17, 15) is 0 Å². The monoisotopic (exact) mass is 257 g/mol. The highest BCUT2D eigenvalue weighted by atomic mass is 15.2. The average Bonchev–Trinajstić information content (AvgIpc) is 2.82. The van der Waals surface area contributed by atoms with Crippen LogP contribution in [0.2, 0.25) is 0 Å². The molecule has 2 N–H and O–H groups in total. The van der Waals surface area contributed by atoms with Gasteiger partial charge in [0, 0.05) is 44.6 Å². The number of rotatable bonds is 3. The van der Waals surface area contributed by atoms with Gasteiger partial charge < -0.3 is 10.3 Å². The van der Waals surface area contributed by atoms with Crippen molar-refractivity contribution >= 4 is 0 Å². The van der Waals surface area contributed by atoms with E-state index in [1.54, 1.807) is 6.20 Å². The lowest BCUT2D eigenvalue weighted by Gasteiger charge is -2.26. The second-order valence-corrected chi connectivity index (χ2v) is 4.90. The Morgan fingerprint density at radius 1 is 1.26 bits per heavy atom. The quantitative estimate of drug-likeness (QED) is 0.867. The first-order valence-electron chi connectivity index (χ1n) is 6.73. The van der Waals surface area contributed by atoms with E-state index in [4.69, 9.17) is 4.98 Å². The number of imidazole rings is 1. The van der Waals surface area contributed by atoms with Crippen LogP contribution in [0.3, 0.4) is 0 Å². The van der Waals surface area contributed by atoms with Crippen LogP contribution in [0.25, 0.3) is 11.5 Å². The van der Waals surface area contributed by atoms with Crippen molar-refractivity contribution in [3.05, 3.63) is 35.8 Å². The summed E-state index contributed by atoms with van der Waals surface area (Å²) in [6.45, 7) is 7.30. The Hall–Kier alpha value is -1.72. The minimum absolute atomic E-state index is 0.864. The van der Waals surface area contributed by atoms with Crippen LogP contribution in [0, 0.1) is 6.92 Å². The van der Waals surface area contributed by atoms with Crippen molar-refractivity contribution in [3.8, 4) is 11.5 Å². The average molecular weight is 257 g/mol. The molecule has 2 aromatic rings. The van der Waals surface area contributed by atoms with Crippen molar-refractivity contribution < 1.29 is 0 Å². The zero-order valence-electron chi connectivity index (χ0n) is 11.2. The van der Waals surface area contributed by atoms with Gasteiger partial charge in [0.2, 0.25) is 0 Å². The molecule has 2 aromatic heterocycles. The van der Waals surface area contributed by atoms with Crippen LogP contribution < -0.4 is 5.32 Å². The Bertz CT molecular complexity index is 528. The summed E-state index contributed by atoms with van der Waals surface area (Å²) in [5, 5.41) is 3.37. The first-order valence-corrected chi connectivity index (χ1v) is 6.73. The molecule has 1 saturated heterocycles. The molecule has 0 amide bonds. The van der Waals surface area contributed by atoms with E-state index in [1.807, 2.05) is 18.2 Å². The van der Waals surface area contributed by atoms with Crippen LogP contribution in [0.4, 0.5) is 0 Å². The van der Waals surface area contributed by atoms with Crippen LogP contribution in [0.15, 0.2) is 24.4 Å². The fraction of sp³-hybridized carbons (Fsp3) is 0.429. The third kappa shape index (κ3) is 2.83. The summed E-state index contributed by atoms with van der Waals surface area (Å²) < 4.78 is 0. The highest BCUT2D eigenvalue weighted by molar-refractivity contribution is 5.49. The molecule has 19 heavy (non-hydrogen) atoms. The number of hydrogen-bond donors (Lipinski definition) is 2. The van der Waals surface area contributed by atoms with E-state index in [2.05, 4.69) is 27.1 Å². The van der Waals surface area contributed by atoms with Gasteiger partial charge in [-0.1, -0.05) is 6.07 Å². The summed E-state index contributed by atoms with van der Waals surface area (Å²) in [6.07, 6.45) is 1.79. The Labute approximate surface area is 113 Å². The predicted octanol–water partition coefficient (Wildman–Crippen LogP) is 1.19. The number of nitrogens with one attached hydrogen (secondary N) is 2. The molecule has 0 saturated carbocycles. The van der Waals surface area contributed by atoms with Crippen molar-refractivity contribution in [1.29, 1.82) is 0 Å². The Balaban J connectivity index is 1.77. The number of H-pyrrole nitrogens is 1. The number of aromatic amines is 1. The Morgan fingerprint density at radius 2 is 2.11 bits per heavy atom. The van der Waals surface area contributed by atoms with Gasteiger partial charge in [-0.25, -0.2) is 4.98 Å². The van der Waals surface area contributed by atoms with Crippen molar-refractivity contribution in [2.75, 3.05) is 26.2 Å². The number of aryl methyl sites for hydroxylation is 1. The normalized spacial score (nSPS) is 16.7. The maximum absolute atomic E-state index is 4.69.